The Kier molecular flexibility index (Phi) is 4.11. The van der Waals surface area contributed by atoms with E-state index in [9.17, 15) is 19.7 Å². The van der Waals surface area contributed by atoms with E-state index >= 15 is 0 Å². The van der Waals surface area contributed by atoms with E-state index in [2.05, 4.69) is 15.6 Å². The smallest absolute Gasteiger partial charge is 0.408 e. The summed E-state index contributed by atoms with van der Waals surface area (Å²) in [6.45, 7) is -0.0233. The monoisotopic (exact) mass is 281 g/mol. The van der Waals surface area contributed by atoms with Gasteiger partial charge in [0.15, 0.2) is 0 Å². The predicted octanol–water partition coefficient (Wildman–Crippen LogP) is 0.251. The second-order valence-corrected chi connectivity index (χ2v) is 3.97. The lowest BCUT2D eigenvalue weighted by atomic mass is 10.2. The molecule has 0 unspecified atom stereocenters. The van der Waals surface area contributed by atoms with Gasteiger partial charge in [0.05, 0.1) is 4.92 Å². The van der Waals surface area contributed by atoms with E-state index in [-0.39, 0.29) is 18.9 Å². The number of non-ortho nitro benzene ring substituents is 1. The molecule has 0 saturated carbocycles. The minimum atomic E-state index is -0.778. The standard InChI is InChI=1S/C11H11N3O6/c15-10-9(6-20-13-10)12-11(16)19-5-7-1-3-8(4-2-7)14(17)18/h1-4,9H,5-6H2,(H,12,16)(H,13,15)/t9-/m0/s1. The first-order chi connectivity index (χ1) is 9.56. The van der Waals surface area contributed by atoms with Gasteiger partial charge in [0.1, 0.15) is 19.3 Å². The molecule has 20 heavy (non-hydrogen) atoms. The van der Waals surface area contributed by atoms with E-state index < -0.39 is 23.0 Å². The van der Waals surface area contributed by atoms with Crippen LogP contribution in [0.25, 0.3) is 0 Å². The molecule has 1 aromatic carbocycles. The second-order valence-electron chi connectivity index (χ2n) is 3.97. The van der Waals surface area contributed by atoms with Crippen LogP contribution >= 0.6 is 0 Å². The SMILES string of the molecule is O=C(N[C@H]1CONC1=O)OCc1ccc([N+](=O)[O-])cc1. The Morgan fingerprint density at radius 3 is 2.75 bits per heavy atom. The predicted molar refractivity (Wildman–Crippen MR) is 64.3 cm³/mol. The van der Waals surface area contributed by atoms with Crippen LogP contribution in [0.4, 0.5) is 10.5 Å². The minimum Gasteiger partial charge on any atom is -0.445 e. The molecule has 1 fully saturated rings. The fourth-order valence-corrected chi connectivity index (χ4v) is 1.50. The first-order valence-electron chi connectivity index (χ1n) is 5.64. The third-order valence-corrected chi connectivity index (χ3v) is 2.55. The quantitative estimate of drug-likeness (QED) is 0.603. The number of alkyl carbamates (subject to hydrolysis) is 1. The molecule has 9 heteroatoms. The molecule has 106 valence electrons. The van der Waals surface area contributed by atoms with Gasteiger partial charge in [-0.2, -0.15) is 0 Å². The van der Waals surface area contributed by atoms with Crippen molar-refractivity contribution in [3.05, 3.63) is 39.9 Å². The third kappa shape index (κ3) is 3.42. The molecule has 1 aromatic rings. The Morgan fingerprint density at radius 1 is 1.50 bits per heavy atom. The van der Waals surface area contributed by atoms with Gasteiger partial charge < -0.3 is 10.1 Å². The van der Waals surface area contributed by atoms with E-state index in [1.54, 1.807) is 0 Å². The lowest BCUT2D eigenvalue weighted by molar-refractivity contribution is -0.384. The van der Waals surface area contributed by atoms with Crippen LogP contribution in [0, 0.1) is 10.1 Å². The second kappa shape index (κ2) is 5.97. The molecule has 2 rings (SSSR count). The molecule has 1 aliphatic rings. The zero-order valence-corrected chi connectivity index (χ0v) is 10.2. The number of hydroxylamine groups is 1. The van der Waals surface area contributed by atoms with E-state index in [0.29, 0.717) is 5.56 Å². The molecule has 0 bridgehead atoms. The van der Waals surface area contributed by atoms with Crippen molar-refractivity contribution in [3.8, 4) is 0 Å². The lowest BCUT2D eigenvalue weighted by Crippen LogP contribution is -2.41. The maximum Gasteiger partial charge on any atom is 0.408 e. The summed E-state index contributed by atoms with van der Waals surface area (Å²) in [4.78, 5) is 37.1. The Balaban J connectivity index is 1.81. The highest BCUT2D eigenvalue weighted by Crippen LogP contribution is 2.12. The van der Waals surface area contributed by atoms with Gasteiger partial charge in [0.2, 0.25) is 0 Å². The average molecular weight is 281 g/mol. The van der Waals surface area contributed by atoms with Gasteiger partial charge in [-0.05, 0) is 17.7 Å². The summed E-state index contributed by atoms with van der Waals surface area (Å²) in [6.07, 6.45) is -0.769. The number of hydrogen-bond acceptors (Lipinski definition) is 6. The van der Waals surface area contributed by atoms with Crippen LogP contribution in [-0.2, 0) is 21.0 Å². The number of rotatable bonds is 4. The topological polar surface area (TPSA) is 120 Å². The van der Waals surface area contributed by atoms with Crippen LogP contribution in [0.1, 0.15) is 5.56 Å². The summed E-state index contributed by atoms with van der Waals surface area (Å²) in [5.74, 6) is -0.447. The number of benzene rings is 1. The molecule has 1 aliphatic heterocycles. The van der Waals surface area contributed by atoms with Crippen LogP contribution in [0.5, 0.6) is 0 Å². The zero-order chi connectivity index (χ0) is 14.5. The highest BCUT2D eigenvalue weighted by molar-refractivity contribution is 5.86. The molecule has 0 spiro atoms. The third-order valence-electron chi connectivity index (χ3n) is 2.55. The van der Waals surface area contributed by atoms with Gasteiger partial charge in [-0.25, -0.2) is 10.3 Å². The maximum absolute atomic E-state index is 11.4. The summed E-state index contributed by atoms with van der Waals surface area (Å²) < 4.78 is 4.88. The highest BCUT2D eigenvalue weighted by atomic mass is 16.7. The van der Waals surface area contributed by atoms with Crippen LogP contribution in [0.3, 0.4) is 0 Å². The van der Waals surface area contributed by atoms with Crippen molar-refractivity contribution in [2.24, 2.45) is 0 Å². The van der Waals surface area contributed by atoms with Crippen molar-refractivity contribution >= 4 is 17.7 Å². The number of ether oxygens (including phenoxy) is 1. The molecule has 0 radical (unpaired) electrons. The molecule has 0 aromatic heterocycles. The molecule has 0 aliphatic carbocycles. The maximum atomic E-state index is 11.4. The highest BCUT2D eigenvalue weighted by Gasteiger charge is 2.27. The Morgan fingerprint density at radius 2 is 2.20 bits per heavy atom. The summed E-state index contributed by atoms with van der Waals surface area (Å²) >= 11 is 0. The first-order valence-corrected chi connectivity index (χ1v) is 5.64. The van der Waals surface area contributed by atoms with Crippen LogP contribution in [0.2, 0.25) is 0 Å². The summed E-state index contributed by atoms with van der Waals surface area (Å²) in [7, 11) is 0. The van der Waals surface area contributed by atoms with E-state index in [1.807, 2.05) is 0 Å². The molecular formula is C11H11N3O6. The number of carbonyl (C=O) groups is 2. The number of hydrogen-bond donors (Lipinski definition) is 2. The van der Waals surface area contributed by atoms with Crippen LogP contribution < -0.4 is 10.8 Å². The van der Waals surface area contributed by atoms with Gasteiger partial charge in [0, 0.05) is 12.1 Å². The fourth-order valence-electron chi connectivity index (χ4n) is 1.50. The van der Waals surface area contributed by atoms with Gasteiger partial charge in [-0.1, -0.05) is 0 Å². The van der Waals surface area contributed by atoms with Gasteiger partial charge in [-0.15, -0.1) is 0 Å². The van der Waals surface area contributed by atoms with E-state index in [4.69, 9.17) is 4.74 Å². The molecule has 2 N–H and O–H groups in total. The van der Waals surface area contributed by atoms with Gasteiger partial charge >= 0.3 is 6.09 Å². The van der Waals surface area contributed by atoms with Crippen molar-refractivity contribution in [1.82, 2.24) is 10.8 Å². The molecular weight excluding hydrogens is 270 g/mol. The first kappa shape index (κ1) is 13.7. The average Bonchev–Trinajstić information content (AvgIpc) is 2.82. The lowest BCUT2D eigenvalue weighted by Gasteiger charge is -2.09. The number of amides is 2. The number of nitro benzene ring substituents is 1. The summed E-state index contributed by atoms with van der Waals surface area (Å²) in [6, 6.07) is 4.82. The number of nitrogens with one attached hydrogen (secondary N) is 2. The van der Waals surface area contributed by atoms with Crippen LogP contribution in [0.15, 0.2) is 24.3 Å². The Hall–Kier alpha value is -2.68. The molecule has 1 saturated heterocycles. The molecule has 1 heterocycles. The Labute approximate surface area is 113 Å². The number of carbonyl (C=O) groups excluding carboxylic acids is 2. The largest absolute Gasteiger partial charge is 0.445 e. The van der Waals surface area contributed by atoms with Gasteiger partial charge in [-0.3, -0.25) is 19.7 Å². The zero-order valence-electron chi connectivity index (χ0n) is 10.2. The van der Waals surface area contributed by atoms with Crippen molar-refractivity contribution < 1.29 is 24.1 Å². The van der Waals surface area contributed by atoms with Crippen molar-refractivity contribution in [3.63, 3.8) is 0 Å². The Bertz CT molecular complexity index is 529. The van der Waals surface area contributed by atoms with E-state index in [0.717, 1.165) is 0 Å². The summed E-state index contributed by atoms with van der Waals surface area (Å²) in [5, 5.41) is 12.8. The van der Waals surface area contributed by atoms with Gasteiger partial charge in [0.25, 0.3) is 11.6 Å². The number of nitrogens with zero attached hydrogens (tertiary/aromatic N) is 1. The summed E-state index contributed by atoms with van der Waals surface area (Å²) in [5.41, 5.74) is 2.64. The molecule has 9 nitrogen and oxygen atoms in total. The molecule has 2 amide bonds. The van der Waals surface area contributed by atoms with Crippen LogP contribution in [-0.4, -0.2) is 29.6 Å². The molecule has 1 atom stereocenters. The van der Waals surface area contributed by atoms with Crippen molar-refractivity contribution in [2.45, 2.75) is 12.6 Å². The van der Waals surface area contributed by atoms with E-state index in [1.165, 1.54) is 24.3 Å². The van der Waals surface area contributed by atoms with Crippen molar-refractivity contribution in [1.29, 1.82) is 0 Å². The number of nitro groups is 1. The van der Waals surface area contributed by atoms with Crippen molar-refractivity contribution in [2.75, 3.05) is 6.61 Å². The normalized spacial score (nSPS) is 17.4. The fraction of sp³-hybridized carbons (Fsp3) is 0.273. The minimum absolute atomic E-state index is 0.0332.